The summed E-state index contributed by atoms with van der Waals surface area (Å²) in [6.07, 6.45) is 0.278. The molecule has 1 saturated heterocycles. The molecular weight excluding hydrogens is 234 g/mol. The number of aryl methyl sites for hydroxylation is 1. The van der Waals surface area contributed by atoms with Crippen molar-refractivity contribution in [2.45, 2.75) is 13.0 Å². The number of thiazole rings is 1. The smallest absolute Gasteiger partial charge is 0.128 e. The molecule has 0 aliphatic carbocycles. The predicted octanol–water partition coefficient (Wildman–Crippen LogP) is 2.90. The summed E-state index contributed by atoms with van der Waals surface area (Å²) in [6.45, 7) is 3.45. The van der Waals surface area contributed by atoms with Gasteiger partial charge >= 0.3 is 0 Å². The van der Waals surface area contributed by atoms with E-state index in [1.54, 1.807) is 11.3 Å². The summed E-state index contributed by atoms with van der Waals surface area (Å²) >= 11 is 1.65. The molecule has 0 saturated carbocycles. The molecular formula is C13H13NO2S. The van der Waals surface area contributed by atoms with Crippen LogP contribution in [-0.4, -0.2) is 24.3 Å². The van der Waals surface area contributed by atoms with Gasteiger partial charge in [0, 0.05) is 10.9 Å². The first kappa shape index (κ1) is 10.7. The molecule has 1 fully saturated rings. The van der Waals surface area contributed by atoms with Crippen molar-refractivity contribution in [3.05, 3.63) is 34.7 Å². The maximum atomic E-state index is 5.76. The number of rotatable bonds is 4. The second-order valence-electron chi connectivity index (χ2n) is 4.01. The Morgan fingerprint density at radius 2 is 2.29 bits per heavy atom. The monoisotopic (exact) mass is 247 g/mol. The molecule has 1 atom stereocenters. The van der Waals surface area contributed by atoms with Crippen LogP contribution in [-0.2, 0) is 4.74 Å². The Kier molecular flexibility index (Phi) is 2.82. The van der Waals surface area contributed by atoms with E-state index in [9.17, 15) is 0 Å². The lowest BCUT2D eigenvalue weighted by Crippen LogP contribution is -2.04. The normalized spacial score (nSPS) is 18.1. The van der Waals surface area contributed by atoms with Gasteiger partial charge in [-0.15, -0.1) is 11.3 Å². The van der Waals surface area contributed by atoms with Crippen LogP contribution in [0.1, 0.15) is 5.01 Å². The van der Waals surface area contributed by atoms with Gasteiger partial charge < -0.3 is 9.47 Å². The topological polar surface area (TPSA) is 34.6 Å². The largest absolute Gasteiger partial charge is 0.490 e. The van der Waals surface area contributed by atoms with Gasteiger partial charge in [0.15, 0.2) is 0 Å². The highest BCUT2D eigenvalue weighted by molar-refractivity contribution is 7.09. The first-order valence-electron chi connectivity index (χ1n) is 5.59. The minimum Gasteiger partial charge on any atom is -0.490 e. The first-order valence-corrected chi connectivity index (χ1v) is 6.47. The Bertz CT molecular complexity index is 520. The molecule has 3 rings (SSSR count). The van der Waals surface area contributed by atoms with E-state index in [1.165, 1.54) is 0 Å². The van der Waals surface area contributed by atoms with E-state index in [0.717, 1.165) is 28.6 Å². The van der Waals surface area contributed by atoms with Crippen molar-refractivity contribution in [1.29, 1.82) is 0 Å². The molecule has 88 valence electrons. The van der Waals surface area contributed by atoms with Gasteiger partial charge in [-0.25, -0.2) is 4.98 Å². The van der Waals surface area contributed by atoms with Crippen molar-refractivity contribution < 1.29 is 9.47 Å². The molecule has 17 heavy (non-hydrogen) atoms. The fourth-order valence-electron chi connectivity index (χ4n) is 1.64. The molecule has 0 N–H and O–H groups in total. The third-order valence-corrected chi connectivity index (χ3v) is 3.38. The second-order valence-corrected chi connectivity index (χ2v) is 5.08. The fraction of sp³-hybridized carbons (Fsp3) is 0.308. The van der Waals surface area contributed by atoms with Crippen LogP contribution in [0.3, 0.4) is 0 Å². The Hall–Kier alpha value is -1.39. The van der Waals surface area contributed by atoms with Crippen molar-refractivity contribution in [3.8, 4) is 17.0 Å². The summed E-state index contributed by atoms with van der Waals surface area (Å²) in [5, 5.41) is 3.13. The average molecular weight is 247 g/mol. The number of hydrogen-bond donors (Lipinski definition) is 0. The van der Waals surface area contributed by atoms with Gasteiger partial charge in [0.25, 0.3) is 0 Å². The third kappa shape index (κ3) is 2.48. The van der Waals surface area contributed by atoms with Gasteiger partial charge in [-0.1, -0.05) is 12.1 Å². The van der Waals surface area contributed by atoms with Crippen LogP contribution >= 0.6 is 11.3 Å². The highest BCUT2D eigenvalue weighted by Crippen LogP contribution is 2.31. The van der Waals surface area contributed by atoms with Gasteiger partial charge in [-0.2, -0.15) is 0 Å². The molecule has 1 aromatic heterocycles. The van der Waals surface area contributed by atoms with E-state index < -0.39 is 0 Å². The molecule has 1 unspecified atom stereocenters. The number of benzene rings is 1. The second kappa shape index (κ2) is 4.47. The summed E-state index contributed by atoms with van der Waals surface area (Å²) in [6, 6.07) is 8.00. The van der Waals surface area contributed by atoms with Crippen molar-refractivity contribution >= 4 is 11.3 Å². The SMILES string of the molecule is Cc1nc(-c2ccccc2OCC2CO2)cs1. The zero-order valence-corrected chi connectivity index (χ0v) is 10.4. The summed E-state index contributed by atoms with van der Waals surface area (Å²) in [7, 11) is 0. The molecule has 2 heterocycles. The molecule has 1 aromatic carbocycles. The average Bonchev–Trinajstić information content (AvgIpc) is 3.08. The zero-order chi connectivity index (χ0) is 11.7. The van der Waals surface area contributed by atoms with E-state index in [2.05, 4.69) is 10.4 Å². The van der Waals surface area contributed by atoms with Crippen LogP contribution in [0.25, 0.3) is 11.3 Å². The van der Waals surface area contributed by atoms with Crippen LogP contribution in [0, 0.1) is 6.92 Å². The van der Waals surface area contributed by atoms with Gasteiger partial charge in [0.05, 0.1) is 17.3 Å². The maximum Gasteiger partial charge on any atom is 0.128 e. The Balaban J connectivity index is 1.86. The van der Waals surface area contributed by atoms with E-state index in [4.69, 9.17) is 9.47 Å². The predicted molar refractivity (Wildman–Crippen MR) is 67.5 cm³/mol. The molecule has 0 amide bonds. The number of para-hydroxylation sites is 1. The number of epoxide rings is 1. The van der Waals surface area contributed by atoms with Gasteiger partial charge in [-0.05, 0) is 19.1 Å². The summed E-state index contributed by atoms with van der Waals surface area (Å²) in [4.78, 5) is 4.49. The molecule has 0 bridgehead atoms. The Morgan fingerprint density at radius 1 is 1.47 bits per heavy atom. The number of hydrogen-bond acceptors (Lipinski definition) is 4. The minimum absolute atomic E-state index is 0.278. The summed E-state index contributed by atoms with van der Waals surface area (Å²) < 4.78 is 10.9. The quantitative estimate of drug-likeness (QED) is 0.779. The van der Waals surface area contributed by atoms with E-state index in [0.29, 0.717) is 6.61 Å². The number of ether oxygens (including phenoxy) is 2. The van der Waals surface area contributed by atoms with Crippen LogP contribution < -0.4 is 4.74 Å². The van der Waals surface area contributed by atoms with Crippen molar-refractivity contribution in [2.24, 2.45) is 0 Å². The van der Waals surface area contributed by atoms with Crippen LogP contribution in [0.5, 0.6) is 5.75 Å². The summed E-state index contributed by atoms with van der Waals surface area (Å²) in [5.41, 5.74) is 2.04. The molecule has 1 aliphatic heterocycles. The van der Waals surface area contributed by atoms with Crippen LogP contribution in [0.15, 0.2) is 29.6 Å². The number of aromatic nitrogens is 1. The first-order chi connectivity index (χ1) is 8.33. The van der Waals surface area contributed by atoms with Crippen molar-refractivity contribution in [2.75, 3.05) is 13.2 Å². The molecule has 1 aliphatic rings. The van der Waals surface area contributed by atoms with E-state index >= 15 is 0 Å². The van der Waals surface area contributed by atoms with Gasteiger partial charge in [-0.3, -0.25) is 0 Å². The highest BCUT2D eigenvalue weighted by Gasteiger charge is 2.23. The molecule has 0 radical (unpaired) electrons. The maximum absolute atomic E-state index is 5.76. The third-order valence-electron chi connectivity index (χ3n) is 2.61. The zero-order valence-electron chi connectivity index (χ0n) is 9.55. The summed E-state index contributed by atoms with van der Waals surface area (Å²) in [5.74, 6) is 0.883. The minimum atomic E-state index is 0.278. The van der Waals surface area contributed by atoms with Crippen LogP contribution in [0.4, 0.5) is 0 Å². The fourth-order valence-corrected chi connectivity index (χ4v) is 2.25. The molecule has 2 aromatic rings. The van der Waals surface area contributed by atoms with E-state index in [-0.39, 0.29) is 6.10 Å². The van der Waals surface area contributed by atoms with E-state index in [1.807, 2.05) is 31.2 Å². The molecule has 0 spiro atoms. The lowest BCUT2D eigenvalue weighted by atomic mass is 10.1. The lowest BCUT2D eigenvalue weighted by Gasteiger charge is -2.08. The molecule has 4 heteroatoms. The van der Waals surface area contributed by atoms with Crippen LogP contribution in [0.2, 0.25) is 0 Å². The highest BCUT2D eigenvalue weighted by atomic mass is 32.1. The Labute approximate surface area is 104 Å². The number of nitrogens with zero attached hydrogens (tertiary/aromatic N) is 1. The van der Waals surface area contributed by atoms with Crippen molar-refractivity contribution in [1.82, 2.24) is 4.98 Å². The van der Waals surface area contributed by atoms with Crippen molar-refractivity contribution in [3.63, 3.8) is 0 Å². The Morgan fingerprint density at radius 3 is 3.00 bits per heavy atom. The lowest BCUT2D eigenvalue weighted by molar-refractivity contribution is 0.264. The standard InChI is InChI=1S/C13H13NO2S/c1-9-14-12(8-17-9)11-4-2-3-5-13(11)16-7-10-6-15-10/h2-5,8,10H,6-7H2,1H3. The molecule has 3 nitrogen and oxygen atoms in total. The van der Waals surface area contributed by atoms with Gasteiger partial charge in [0.2, 0.25) is 0 Å². The van der Waals surface area contributed by atoms with Gasteiger partial charge in [0.1, 0.15) is 18.5 Å².